The van der Waals surface area contributed by atoms with Crippen LogP contribution in [0.3, 0.4) is 0 Å². The van der Waals surface area contributed by atoms with E-state index in [0.29, 0.717) is 0 Å². The van der Waals surface area contributed by atoms with E-state index in [2.05, 4.69) is 0 Å². The minimum atomic E-state index is -1.13. The highest BCUT2D eigenvalue weighted by Crippen LogP contribution is 2.26. The first-order chi connectivity index (χ1) is 6.90. The Balaban J connectivity index is 2.99. The summed E-state index contributed by atoms with van der Waals surface area (Å²) in [6.45, 7) is 0. The largest absolute Gasteiger partial charge is 0.480 e. The Kier molecular flexibility index (Phi) is 2.95. The summed E-state index contributed by atoms with van der Waals surface area (Å²) in [6, 6.07) is 0. The Morgan fingerprint density at radius 1 is 1.40 bits per heavy atom. The third kappa shape index (κ3) is 1.92. The smallest absolute Gasteiger partial charge is 0.335 e. The Hall–Kier alpha value is -1.62. The van der Waals surface area contributed by atoms with Gasteiger partial charge in [-0.2, -0.15) is 0 Å². The van der Waals surface area contributed by atoms with Gasteiger partial charge in [0.25, 0.3) is 0 Å². The Bertz CT molecular complexity index is 356. The van der Waals surface area contributed by atoms with Crippen molar-refractivity contribution in [2.75, 3.05) is 14.1 Å². The van der Waals surface area contributed by atoms with Crippen molar-refractivity contribution in [3.05, 3.63) is 23.8 Å². The van der Waals surface area contributed by atoms with Crippen molar-refractivity contribution in [2.24, 2.45) is 0 Å². The maximum atomic E-state index is 11.1. The quantitative estimate of drug-likeness (QED) is 0.704. The second-order valence-electron chi connectivity index (χ2n) is 3.63. The molecule has 0 amide bonds. The Morgan fingerprint density at radius 2 is 2.00 bits per heavy atom. The monoisotopic (exact) mass is 211 g/mol. The highest BCUT2D eigenvalue weighted by Gasteiger charge is 2.39. The summed E-state index contributed by atoms with van der Waals surface area (Å²) in [4.78, 5) is 23.3. The van der Waals surface area contributed by atoms with E-state index >= 15 is 0 Å². The van der Waals surface area contributed by atoms with Gasteiger partial charge in [0.2, 0.25) is 0 Å². The third-order valence-corrected chi connectivity index (χ3v) is 2.59. The van der Waals surface area contributed by atoms with Gasteiger partial charge in [0.15, 0.2) is 0 Å². The lowest BCUT2D eigenvalue weighted by Crippen LogP contribution is -2.50. The molecule has 1 unspecified atom stereocenters. The first-order valence-corrected chi connectivity index (χ1v) is 4.43. The highest BCUT2D eigenvalue weighted by atomic mass is 16.4. The normalized spacial score (nSPS) is 25.1. The predicted molar refractivity (Wildman–Crippen MR) is 53.5 cm³/mol. The van der Waals surface area contributed by atoms with Gasteiger partial charge in [0.05, 0.1) is 5.57 Å². The molecule has 82 valence electrons. The molecule has 5 heteroatoms. The van der Waals surface area contributed by atoms with Crippen molar-refractivity contribution in [3.63, 3.8) is 0 Å². The summed E-state index contributed by atoms with van der Waals surface area (Å²) in [5.74, 6) is -2.02. The number of hydrogen-bond donors (Lipinski definition) is 2. The van der Waals surface area contributed by atoms with E-state index in [1.54, 1.807) is 19.0 Å². The fraction of sp³-hybridized carbons (Fsp3) is 0.400. The predicted octanol–water partition coefficient (Wildman–Crippen LogP) is 0.342. The molecule has 1 rings (SSSR count). The van der Waals surface area contributed by atoms with Crippen LogP contribution in [0.15, 0.2) is 23.8 Å². The van der Waals surface area contributed by atoms with Crippen LogP contribution in [-0.4, -0.2) is 46.7 Å². The van der Waals surface area contributed by atoms with Gasteiger partial charge in [-0.05, 0) is 26.6 Å². The summed E-state index contributed by atoms with van der Waals surface area (Å²) >= 11 is 0. The number of carboxylic acid groups (broad SMARTS) is 2. The molecule has 0 aliphatic heterocycles. The van der Waals surface area contributed by atoms with Crippen LogP contribution in [0, 0.1) is 0 Å². The number of aliphatic carboxylic acids is 2. The fourth-order valence-electron chi connectivity index (χ4n) is 1.47. The number of carbonyl (C=O) groups is 2. The molecule has 0 aromatic rings. The summed E-state index contributed by atoms with van der Waals surface area (Å²) in [5.41, 5.74) is -0.993. The highest BCUT2D eigenvalue weighted by molar-refractivity contribution is 5.92. The van der Waals surface area contributed by atoms with Gasteiger partial charge in [-0.15, -0.1) is 0 Å². The molecular weight excluding hydrogens is 198 g/mol. The molecule has 0 aromatic heterocycles. The van der Waals surface area contributed by atoms with Crippen LogP contribution in [-0.2, 0) is 9.59 Å². The summed E-state index contributed by atoms with van der Waals surface area (Å²) in [5, 5.41) is 17.8. The molecule has 2 N–H and O–H groups in total. The average Bonchev–Trinajstić information content (AvgIpc) is 2.17. The van der Waals surface area contributed by atoms with Crippen LogP contribution >= 0.6 is 0 Å². The third-order valence-electron chi connectivity index (χ3n) is 2.59. The van der Waals surface area contributed by atoms with Crippen LogP contribution in [0.4, 0.5) is 0 Å². The second-order valence-corrected chi connectivity index (χ2v) is 3.63. The van der Waals surface area contributed by atoms with Gasteiger partial charge in [-0.3, -0.25) is 4.90 Å². The number of rotatable bonds is 3. The molecule has 5 nitrogen and oxygen atoms in total. The molecular formula is C10H13NO4. The molecule has 0 bridgehead atoms. The van der Waals surface area contributed by atoms with Gasteiger partial charge in [0, 0.05) is 0 Å². The zero-order valence-corrected chi connectivity index (χ0v) is 8.60. The number of carboxylic acids is 2. The van der Waals surface area contributed by atoms with E-state index in [0.717, 1.165) is 0 Å². The molecule has 1 atom stereocenters. The first kappa shape index (κ1) is 11.5. The first-order valence-electron chi connectivity index (χ1n) is 4.43. The summed E-state index contributed by atoms with van der Waals surface area (Å²) < 4.78 is 0. The summed E-state index contributed by atoms with van der Waals surface area (Å²) in [7, 11) is 3.30. The molecule has 0 radical (unpaired) electrons. The van der Waals surface area contributed by atoms with Crippen LogP contribution < -0.4 is 0 Å². The van der Waals surface area contributed by atoms with Crippen molar-refractivity contribution >= 4 is 11.9 Å². The topological polar surface area (TPSA) is 77.8 Å². The van der Waals surface area contributed by atoms with Crippen LogP contribution in [0.25, 0.3) is 0 Å². The minimum Gasteiger partial charge on any atom is -0.480 e. The number of nitrogens with zero attached hydrogens (tertiary/aromatic N) is 1. The van der Waals surface area contributed by atoms with E-state index in [9.17, 15) is 9.59 Å². The van der Waals surface area contributed by atoms with Gasteiger partial charge >= 0.3 is 11.9 Å². The SMILES string of the molecule is CN(C)C1(C(=O)O)C=CC(C(=O)O)=CC1. The maximum Gasteiger partial charge on any atom is 0.335 e. The van der Waals surface area contributed by atoms with Gasteiger partial charge in [-0.25, -0.2) is 9.59 Å². The molecule has 1 aliphatic rings. The maximum absolute atomic E-state index is 11.1. The lowest BCUT2D eigenvalue weighted by Gasteiger charge is -2.33. The molecule has 0 saturated carbocycles. The Labute approximate surface area is 87.3 Å². The molecule has 0 spiro atoms. The van der Waals surface area contributed by atoms with E-state index in [4.69, 9.17) is 10.2 Å². The van der Waals surface area contributed by atoms with Crippen molar-refractivity contribution in [2.45, 2.75) is 12.0 Å². The van der Waals surface area contributed by atoms with E-state index in [-0.39, 0.29) is 12.0 Å². The van der Waals surface area contributed by atoms with Crippen molar-refractivity contribution in [1.29, 1.82) is 0 Å². The molecule has 0 heterocycles. The van der Waals surface area contributed by atoms with E-state index in [1.165, 1.54) is 18.2 Å². The minimum absolute atomic E-state index is 0.133. The van der Waals surface area contributed by atoms with Crippen molar-refractivity contribution in [1.82, 2.24) is 4.90 Å². The van der Waals surface area contributed by atoms with E-state index in [1.807, 2.05) is 0 Å². The zero-order chi connectivity index (χ0) is 11.6. The van der Waals surface area contributed by atoms with Gasteiger partial charge in [-0.1, -0.05) is 12.2 Å². The molecule has 15 heavy (non-hydrogen) atoms. The summed E-state index contributed by atoms with van der Waals surface area (Å²) in [6.07, 6.45) is 4.34. The van der Waals surface area contributed by atoms with Crippen LogP contribution in [0.5, 0.6) is 0 Å². The van der Waals surface area contributed by atoms with Crippen LogP contribution in [0.1, 0.15) is 6.42 Å². The molecule has 0 fully saturated rings. The van der Waals surface area contributed by atoms with E-state index < -0.39 is 17.5 Å². The fourth-order valence-corrected chi connectivity index (χ4v) is 1.47. The van der Waals surface area contributed by atoms with Crippen molar-refractivity contribution < 1.29 is 19.8 Å². The van der Waals surface area contributed by atoms with Crippen LogP contribution in [0.2, 0.25) is 0 Å². The zero-order valence-electron chi connectivity index (χ0n) is 8.60. The lowest BCUT2D eigenvalue weighted by atomic mass is 9.87. The number of likely N-dealkylation sites (N-methyl/N-ethyl adjacent to an activating group) is 1. The molecule has 0 aromatic carbocycles. The standard InChI is InChI=1S/C10H13NO4/c1-11(2)10(9(14)15)5-3-7(4-6-10)8(12)13/h3-5H,6H2,1-2H3,(H,12,13)(H,14,15). The molecule has 1 aliphatic carbocycles. The average molecular weight is 211 g/mol. The van der Waals surface area contributed by atoms with Crippen molar-refractivity contribution in [3.8, 4) is 0 Å². The van der Waals surface area contributed by atoms with Gasteiger partial charge in [0.1, 0.15) is 5.54 Å². The van der Waals surface area contributed by atoms with Gasteiger partial charge < -0.3 is 10.2 Å². The number of hydrogen-bond acceptors (Lipinski definition) is 3. The lowest BCUT2D eigenvalue weighted by molar-refractivity contribution is -0.147. The second kappa shape index (κ2) is 3.86. The Morgan fingerprint density at radius 3 is 2.27 bits per heavy atom. The molecule has 0 saturated heterocycles.